The van der Waals surface area contributed by atoms with Gasteiger partial charge in [-0.05, 0) is 37.0 Å². The molecule has 0 saturated carbocycles. The van der Waals surface area contributed by atoms with Gasteiger partial charge in [0, 0.05) is 13.2 Å². The molecule has 20 heavy (non-hydrogen) atoms. The first-order chi connectivity index (χ1) is 9.68. The Kier molecular flexibility index (Phi) is 8.83. The van der Waals surface area contributed by atoms with Crippen molar-refractivity contribution in [2.75, 3.05) is 13.2 Å². The summed E-state index contributed by atoms with van der Waals surface area (Å²) in [5.74, 6) is -0.237. The van der Waals surface area contributed by atoms with Crippen LogP contribution in [-0.2, 0) is 10.2 Å². The van der Waals surface area contributed by atoms with Crippen molar-refractivity contribution in [1.82, 2.24) is 0 Å². The van der Waals surface area contributed by atoms with E-state index in [1.54, 1.807) is 13.0 Å². The first-order valence-corrected chi connectivity index (χ1v) is 7.44. The fourth-order valence-electron chi connectivity index (χ4n) is 2.08. The van der Waals surface area contributed by atoms with Gasteiger partial charge in [0.2, 0.25) is 0 Å². The summed E-state index contributed by atoms with van der Waals surface area (Å²) in [5, 5.41) is 9.33. The molecule has 0 atom stereocenters. The first-order valence-electron chi connectivity index (χ1n) is 7.44. The minimum atomic E-state index is -0.563. The third-order valence-corrected chi connectivity index (χ3v) is 3.28. The summed E-state index contributed by atoms with van der Waals surface area (Å²) in [4.78, 5) is 0. The van der Waals surface area contributed by atoms with Crippen LogP contribution in [0.2, 0.25) is 0 Å². The summed E-state index contributed by atoms with van der Waals surface area (Å²) in [6.45, 7) is 10.9. The average Bonchev–Trinajstić information content (AvgIpc) is 2.54. The summed E-state index contributed by atoms with van der Waals surface area (Å²) >= 11 is 0. The number of halogens is 1. The van der Waals surface area contributed by atoms with Gasteiger partial charge in [-0.15, -0.1) is 0 Å². The second-order valence-corrected chi connectivity index (χ2v) is 4.27. The van der Waals surface area contributed by atoms with Crippen LogP contribution in [0.25, 0.3) is 0 Å². The highest BCUT2D eigenvalue weighted by Crippen LogP contribution is 2.34. The zero-order valence-corrected chi connectivity index (χ0v) is 13.3. The highest BCUT2D eigenvalue weighted by atomic mass is 19.1. The molecule has 0 unspecified atom stereocenters. The normalized spacial score (nSPS) is 15.8. The molecule has 0 aliphatic carbocycles. The Bertz CT molecular complexity index is 431. The molecule has 1 aromatic carbocycles. The zero-order valence-electron chi connectivity index (χ0n) is 13.3. The lowest BCUT2D eigenvalue weighted by Crippen LogP contribution is -2.32. The molecule has 1 aliphatic heterocycles. The van der Waals surface area contributed by atoms with Gasteiger partial charge in [-0.1, -0.05) is 39.8 Å². The summed E-state index contributed by atoms with van der Waals surface area (Å²) in [5.41, 5.74) is 0.831. The van der Waals surface area contributed by atoms with Crippen molar-refractivity contribution in [3.05, 3.63) is 35.1 Å². The van der Waals surface area contributed by atoms with Crippen LogP contribution in [-0.4, -0.2) is 13.2 Å². The maximum Gasteiger partial charge on any atom is 0.126 e. The smallest absolute Gasteiger partial charge is 0.126 e. The zero-order chi connectivity index (χ0) is 15.6. The van der Waals surface area contributed by atoms with Gasteiger partial charge in [-0.3, -0.25) is 0 Å². The predicted octanol–water partition coefficient (Wildman–Crippen LogP) is 4.76. The predicted molar refractivity (Wildman–Crippen MR) is 81.2 cm³/mol. The third kappa shape index (κ3) is 4.31. The lowest BCUT2D eigenvalue weighted by molar-refractivity contribution is 0.0674. The van der Waals surface area contributed by atoms with E-state index in [-0.39, 0.29) is 5.82 Å². The molecule has 1 saturated heterocycles. The van der Waals surface area contributed by atoms with E-state index in [1.807, 2.05) is 33.8 Å². The Labute approximate surface area is 122 Å². The van der Waals surface area contributed by atoms with E-state index in [1.165, 1.54) is 6.07 Å². The molecule has 112 valence electrons. The topological polar surface area (TPSA) is 33.0 Å². The summed E-state index contributed by atoms with van der Waals surface area (Å²) in [6, 6.07) is 7.41. The summed E-state index contributed by atoms with van der Waals surface area (Å²) in [7, 11) is 0. The number of rotatable bonds is 1. The molecule has 0 radical (unpaired) electrons. The van der Waals surface area contributed by atoms with Gasteiger partial charge in [-0.25, -0.2) is 4.39 Å². The standard InChI is InChI=1S/C13H14FNO.2C2H6/c1-10-2-3-11(8-12(10)14)13(9-15)4-6-16-7-5-13;2*1-2/h2-3,8H,4-7H2,1H3;2*1-2H3. The summed E-state index contributed by atoms with van der Waals surface area (Å²) in [6.07, 6.45) is 1.29. The van der Waals surface area contributed by atoms with E-state index in [2.05, 4.69) is 6.07 Å². The molecule has 2 nitrogen and oxygen atoms in total. The SMILES string of the molecule is CC.CC.Cc1ccc(C2(C#N)CCOCC2)cc1F. The monoisotopic (exact) mass is 279 g/mol. The molecule has 1 aliphatic rings. The Morgan fingerprint density at radius 1 is 1.15 bits per heavy atom. The number of nitriles is 1. The number of hydrogen-bond acceptors (Lipinski definition) is 2. The van der Waals surface area contributed by atoms with Crippen molar-refractivity contribution >= 4 is 0 Å². The lowest BCUT2D eigenvalue weighted by atomic mass is 9.75. The van der Waals surface area contributed by atoms with Crippen molar-refractivity contribution in [2.45, 2.75) is 52.9 Å². The molecule has 1 aromatic rings. The largest absolute Gasteiger partial charge is 0.381 e. The van der Waals surface area contributed by atoms with Gasteiger partial charge in [-0.2, -0.15) is 5.26 Å². The molecular weight excluding hydrogens is 253 g/mol. The van der Waals surface area contributed by atoms with Gasteiger partial charge in [0.1, 0.15) is 5.82 Å². The Morgan fingerprint density at radius 2 is 1.70 bits per heavy atom. The Balaban J connectivity index is 0.000000829. The number of aryl methyl sites for hydroxylation is 1. The van der Waals surface area contributed by atoms with E-state index in [4.69, 9.17) is 4.74 Å². The maximum atomic E-state index is 13.5. The molecule has 0 aromatic heterocycles. The second kappa shape index (κ2) is 9.50. The minimum absolute atomic E-state index is 0.237. The van der Waals surface area contributed by atoms with E-state index in [0.29, 0.717) is 31.6 Å². The average molecular weight is 279 g/mol. The van der Waals surface area contributed by atoms with Crippen molar-refractivity contribution in [3.8, 4) is 6.07 Å². The number of hydrogen-bond donors (Lipinski definition) is 0. The molecule has 3 heteroatoms. The molecule has 0 spiro atoms. The van der Waals surface area contributed by atoms with E-state index in [9.17, 15) is 9.65 Å². The first kappa shape index (κ1) is 18.6. The molecule has 0 N–H and O–H groups in total. The quantitative estimate of drug-likeness (QED) is 0.742. The maximum absolute atomic E-state index is 13.5. The van der Waals surface area contributed by atoms with Crippen LogP contribution in [0.5, 0.6) is 0 Å². The van der Waals surface area contributed by atoms with Crippen LogP contribution in [0.15, 0.2) is 18.2 Å². The van der Waals surface area contributed by atoms with Crippen LogP contribution in [0.4, 0.5) is 4.39 Å². The molecular formula is C17H26FNO. The molecule has 1 heterocycles. The van der Waals surface area contributed by atoms with Crippen LogP contribution >= 0.6 is 0 Å². The fourth-order valence-corrected chi connectivity index (χ4v) is 2.08. The van der Waals surface area contributed by atoms with Gasteiger partial charge < -0.3 is 4.74 Å². The highest BCUT2D eigenvalue weighted by Gasteiger charge is 2.34. The van der Waals surface area contributed by atoms with E-state index < -0.39 is 5.41 Å². The molecule has 0 bridgehead atoms. The number of benzene rings is 1. The molecule has 0 amide bonds. The molecule has 2 rings (SSSR count). The van der Waals surface area contributed by atoms with Crippen LogP contribution in [0.1, 0.15) is 51.7 Å². The van der Waals surface area contributed by atoms with Gasteiger partial charge >= 0.3 is 0 Å². The highest BCUT2D eigenvalue weighted by molar-refractivity contribution is 5.35. The minimum Gasteiger partial charge on any atom is -0.381 e. The lowest BCUT2D eigenvalue weighted by Gasteiger charge is -2.31. The van der Waals surface area contributed by atoms with Gasteiger partial charge in [0.25, 0.3) is 0 Å². The van der Waals surface area contributed by atoms with Crippen LogP contribution in [0.3, 0.4) is 0 Å². The van der Waals surface area contributed by atoms with Crippen molar-refractivity contribution < 1.29 is 9.13 Å². The van der Waals surface area contributed by atoms with Crippen molar-refractivity contribution in [1.29, 1.82) is 5.26 Å². The third-order valence-electron chi connectivity index (χ3n) is 3.28. The number of nitrogens with zero attached hydrogens (tertiary/aromatic N) is 1. The fraction of sp³-hybridized carbons (Fsp3) is 0.588. The second-order valence-electron chi connectivity index (χ2n) is 4.27. The van der Waals surface area contributed by atoms with E-state index >= 15 is 0 Å². The summed E-state index contributed by atoms with van der Waals surface area (Å²) < 4.78 is 18.8. The van der Waals surface area contributed by atoms with Crippen LogP contribution < -0.4 is 0 Å². The van der Waals surface area contributed by atoms with Gasteiger partial charge in [0.15, 0.2) is 0 Å². The van der Waals surface area contributed by atoms with E-state index in [0.717, 1.165) is 5.56 Å². The van der Waals surface area contributed by atoms with Crippen molar-refractivity contribution in [3.63, 3.8) is 0 Å². The Hall–Kier alpha value is -1.40. The van der Waals surface area contributed by atoms with Crippen molar-refractivity contribution in [2.24, 2.45) is 0 Å². The number of ether oxygens (including phenoxy) is 1. The van der Waals surface area contributed by atoms with Crippen LogP contribution in [0, 0.1) is 24.1 Å². The Morgan fingerprint density at radius 3 is 2.15 bits per heavy atom. The molecule has 1 fully saturated rings. The van der Waals surface area contributed by atoms with Gasteiger partial charge in [0.05, 0.1) is 11.5 Å².